The topological polar surface area (TPSA) is 23.6 Å². The van der Waals surface area contributed by atoms with E-state index in [0.717, 1.165) is 36.2 Å². The average molecular weight is 307 g/mol. The van der Waals surface area contributed by atoms with E-state index < -0.39 is 0 Å². The fourth-order valence-corrected chi connectivity index (χ4v) is 2.44. The summed E-state index contributed by atoms with van der Waals surface area (Å²) in [5.74, 6) is 2.73. The van der Waals surface area contributed by atoms with Crippen LogP contribution in [0.1, 0.15) is 10.4 Å². The molecule has 1 aliphatic heterocycles. The van der Waals surface area contributed by atoms with Crippen LogP contribution in [-0.4, -0.2) is 48.4 Å². The third kappa shape index (κ3) is 3.12. The zero-order valence-electron chi connectivity index (χ0n) is 10.1. The van der Waals surface area contributed by atoms with Gasteiger partial charge in [0.15, 0.2) is 0 Å². The average Bonchev–Trinajstić information content (AvgIpc) is 2.39. The van der Waals surface area contributed by atoms with Gasteiger partial charge in [0.25, 0.3) is 5.91 Å². The summed E-state index contributed by atoms with van der Waals surface area (Å²) in [5.41, 5.74) is 0.731. The quantitative estimate of drug-likeness (QED) is 0.779. The van der Waals surface area contributed by atoms with Crippen LogP contribution in [0.3, 0.4) is 0 Å². The van der Waals surface area contributed by atoms with Crippen molar-refractivity contribution >= 4 is 21.8 Å². The van der Waals surface area contributed by atoms with E-state index in [2.05, 4.69) is 26.8 Å². The lowest BCUT2D eigenvalue weighted by Gasteiger charge is -2.33. The maximum atomic E-state index is 12.3. The Bertz CT molecular complexity index is 473. The molecule has 1 amide bonds. The van der Waals surface area contributed by atoms with Gasteiger partial charge in [0.2, 0.25) is 0 Å². The van der Waals surface area contributed by atoms with Crippen LogP contribution in [0.5, 0.6) is 0 Å². The lowest BCUT2D eigenvalue weighted by atomic mass is 10.2. The number of carbonyl (C=O) groups excluding carboxylic acids is 1. The highest BCUT2D eigenvalue weighted by Gasteiger charge is 2.21. The predicted octanol–water partition coefficient (Wildman–Crippen LogP) is 1.84. The zero-order valence-corrected chi connectivity index (χ0v) is 11.7. The van der Waals surface area contributed by atoms with Crippen molar-refractivity contribution in [3.05, 3.63) is 34.3 Å². The highest BCUT2D eigenvalue weighted by molar-refractivity contribution is 9.10. The van der Waals surface area contributed by atoms with Crippen LogP contribution in [0.4, 0.5) is 0 Å². The van der Waals surface area contributed by atoms with Gasteiger partial charge in [0, 0.05) is 36.2 Å². The molecule has 1 aromatic carbocycles. The number of rotatable bonds is 2. The molecule has 4 heteroatoms. The molecular weight excluding hydrogens is 292 g/mol. The minimum atomic E-state index is 0.0941. The number of piperazine rings is 1. The molecule has 1 saturated heterocycles. The van der Waals surface area contributed by atoms with Crippen LogP contribution >= 0.6 is 15.9 Å². The van der Waals surface area contributed by atoms with Gasteiger partial charge in [-0.1, -0.05) is 27.9 Å². The summed E-state index contributed by atoms with van der Waals surface area (Å²) in [6.45, 7) is 3.85. The molecule has 0 atom stereocenters. The van der Waals surface area contributed by atoms with Crippen LogP contribution < -0.4 is 0 Å². The first-order valence-corrected chi connectivity index (χ1v) is 6.70. The molecule has 0 unspecified atom stereocenters. The molecule has 94 valence electrons. The molecule has 0 bridgehead atoms. The van der Waals surface area contributed by atoms with Gasteiger partial charge in [-0.05, 0) is 18.2 Å². The van der Waals surface area contributed by atoms with E-state index in [9.17, 15) is 4.79 Å². The second-order valence-corrected chi connectivity index (χ2v) is 5.20. The molecule has 0 radical (unpaired) electrons. The third-order valence-corrected chi connectivity index (χ3v) is 3.54. The summed E-state index contributed by atoms with van der Waals surface area (Å²) in [5, 5.41) is 0. The first kappa shape index (κ1) is 13.1. The normalized spacial score (nSPS) is 16.3. The van der Waals surface area contributed by atoms with Crippen LogP contribution in [0.25, 0.3) is 0 Å². The molecule has 1 fully saturated rings. The molecule has 0 N–H and O–H groups in total. The Labute approximate surface area is 116 Å². The zero-order chi connectivity index (χ0) is 13.0. The predicted molar refractivity (Wildman–Crippen MR) is 75.3 cm³/mol. The Hall–Kier alpha value is -1.31. The largest absolute Gasteiger partial charge is 0.336 e. The number of nitrogens with zero attached hydrogens (tertiary/aromatic N) is 2. The first-order chi connectivity index (χ1) is 8.70. The molecule has 1 heterocycles. The van der Waals surface area contributed by atoms with Crippen molar-refractivity contribution in [3.8, 4) is 12.3 Å². The van der Waals surface area contributed by atoms with Crippen LogP contribution in [0, 0.1) is 12.3 Å². The van der Waals surface area contributed by atoms with Gasteiger partial charge < -0.3 is 4.90 Å². The Morgan fingerprint density at radius 3 is 2.67 bits per heavy atom. The van der Waals surface area contributed by atoms with Crippen molar-refractivity contribution in [1.29, 1.82) is 0 Å². The van der Waals surface area contributed by atoms with Gasteiger partial charge >= 0.3 is 0 Å². The highest BCUT2D eigenvalue weighted by Crippen LogP contribution is 2.14. The minimum Gasteiger partial charge on any atom is -0.336 e. The van der Waals surface area contributed by atoms with Gasteiger partial charge in [-0.15, -0.1) is 6.42 Å². The number of terminal acetylenes is 1. The van der Waals surface area contributed by atoms with Crippen LogP contribution in [0.15, 0.2) is 28.7 Å². The molecule has 0 spiro atoms. The Kier molecular flexibility index (Phi) is 4.40. The smallest absolute Gasteiger partial charge is 0.253 e. The SMILES string of the molecule is C#CCN1CCN(C(=O)c2cccc(Br)c2)CC1. The van der Waals surface area contributed by atoms with Gasteiger partial charge in [0.1, 0.15) is 0 Å². The second-order valence-electron chi connectivity index (χ2n) is 4.28. The Balaban J connectivity index is 1.98. The maximum Gasteiger partial charge on any atom is 0.253 e. The number of amides is 1. The molecule has 0 aromatic heterocycles. The third-order valence-electron chi connectivity index (χ3n) is 3.05. The number of halogens is 1. The summed E-state index contributed by atoms with van der Waals surface area (Å²) in [4.78, 5) is 16.3. The number of carbonyl (C=O) groups is 1. The van der Waals surface area contributed by atoms with Gasteiger partial charge in [0.05, 0.1) is 6.54 Å². The molecule has 0 aliphatic carbocycles. The van der Waals surface area contributed by atoms with Crippen molar-refractivity contribution in [3.63, 3.8) is 0 Å². The van der Waals surface area contributed by atoms with Crippen LogP contribution in [-0.2, 0) is 0 Å². The van der Waals surface area contributed by atoms with E-state index in [0.29, 0.717) is 6.54 Å². The fourth-order valence-electron chi connectivity index (χ4n) is 2.04. The molecule has 18 heavy (non-hydrogen) atoms. The lowest BCUT2D eigenvalue weighted by molar-refractivity contribution is 0.0652. The molecule has 0 saturated carbocycles. The van der Waals surface area contributed by atoms with E-state index in [1.807, 2.05) is 29.2 Å². The maximum absolute atomic E-state index is 12.3. The highest BCUT2D eigenvalue weighted by atomic mass is 79.9. The van der Waals surface area contributed by atoms with Crippen molar-refractivity contribution in [2.24, 2.45) is 0 Å². The van der Waals surface area contributed by atoms with Crippen molar-refractivity contribution in [2.45, 2.75) is 0 Å². The number of hydrogen-bond acceptors (Lipinski definition) is 2. The van der Waals surface area contributed by atoms with E-state index in [1.165, 1.54) is 0 Å². The van der Waals surface area contributed by atoms with Gasteiger partial charge in [-0.25, -0.2) is 0 Å². The van der Waals surface area contributed by atoms with Crippen molar-refractivity contribution in [1.82, 2.24) is 9.80 Å². The molecule has 1 aliphatic rings. The Morgan fingerprint density at radius 1 is 1.33 bits per heavy atom. The summed E-state index contributed by atoms with van der Waals surface area (Å²) >= 11 is 3.38. The lowest BCUT2D eigenvalue weighted by Crippen LogP contribution is -2.48. The number of benzene rings is 1. The molecular formula is C14H15BrN2O. The summed E-state index contributed by atoms with van der Waals surface area (Å²) < 4.78 is 0.930. The van der Waals surface area contributed by atoms with E-state index in [1.54, 1.807) is 0 Å². The fraction of sp³-hybridized carbons (Fsp3) is 0.357. The van der Waals surface area contributed by atoms with Gasteiger partial charge in [-0.2, -0.15) is 0 Å². The van der Waals surface area contributed by atoms with Gasteiger partial charge in [-0.3, -0.25) is 9.69 Å². The summed E-state index contributed by atoms with van der Waals surface area (Å²) in [7, 11) is 0. The number of hydrogen-bond donors (Lipinski definition) is 0. The van der Waals surface area contributed by atoms with E-state index in [4.69, 9.17) is 6.42 Å². The van der Waals surface area contributed by atoms with E-state index in [-0.39, 0.29) is 5.91 Å². The summed E-state index contributed by atoms with van der Waals surface area (Å²) in [6.07, 6.45) is 5.28. The monoisotopic (exact) mass is 306 g/mol. The molecule has 1 aromatic rings. The second kappa shape index (κ2) is 6.03. The first-order valence-electron chi connectivity index (χ1n) is 5.91. The van der Waals surface area contributed by atoms with Crippen molar-refractivity contribution in [2.75, 3.05) is 32.7 Å². The van der Waals surface area contributed by atoms with E-state index >= 15 is 0 Å². The summed E-state index contributed by atoms with van der Waals surface area (Å²) in [6, 6.07) is 7.50. The van der Waals surface area contributed by atoms with Crippen molar-refractivity contribution < 1.29 is 4.79 Å². The molecule has 3 nitrogen and oxygen atoms in total. The minimum absolute atomic E-state index is 0.0941. The molecule has 2 rings (SSSR count). The Morgan fingerprint density at radius 2 is 2.06 bits per heavy atom. The standard InChI is InChI=1S/C14H15BrN2O/c1-2-6-16-7-9-17(10-8-16)14(18)12-4-3-5-13(15)11-12/h1,3-5,11H,6-10H2. The van der Waals surface area contributed by atoms with Crippen LogP contribution in [0.2, 0.25) is 0 Å².